The number of benzene rings is 1. The summed E-state index contributed by atoms with van der Waals surface area (Å²) in [6.07, 6.45) is 3.75. The van der Waals surface area contributed by atoms with E-state index in [1.807, 2.05) is 0 Å². The molecule has 1 aromatic heterocycles. The molecule has 4 N–H and O–H groups in total. The maximum atomic E-state index is 12.6. The second-order valence-corrected chi connectivity index (χ2v) is 7.60. The van der Waals surface area contributed by atoms with Crippen LogP contribution in [0.3, 0.4) is 0 Å². The van der Waals surface area contributed by atoms with E-state index in [0.29, 0.717) is 18.0 Å². The van der Waals surface area contributed by atoms with Crippen LogP contribution in [0.5, 0.6) is 11.5 Å². The van der Waals surface area contributed by atoms with E-state index < -0.39 is 10.0 Å². The first kappa shape index (κ1) is 19.2. The zero-order valence-electron chi connectivity index (χ0n) is 14.8. The Hall–Kier alpha value is -2.56. The van der Waals surface area contributed by atoms with Gasteiger partial charge in [0.25, 0.3) is 10.0 Å². The Kier molecular flexibility index (Phi) is 5.99. The van der Waals surface area contributed by atoms with Gasteiger partial charge in [0.15, 0.2) is 17.9 Å². The number of sulfonamides is 1. The molecule has 2 heterocycles. The number of hydrazine groups is 1. The van der Waals surface area contributed by atoms with Crippen molar-refractivity contribution in [2.75, 3.05) is 23.9 Å². The van der Waals surface area contributed by atoms with E-state index in [0.717, 1.165) is 19.3 Å². The molecular weight excluding hydrogens is 372 g/mol. The molecule has 1 aromatic carbocycles. The molecule has 1 aliphatic rings. The third kappa shape index (κ3) is 4.79. The number of methoxy groups -OCH3 is 1. The normalized spacial score (nSPS) is 17.2. The molecular formula is C17H22N4O5S. The molecule has 0 aliphatic carbocycles. The van der Waals surface area contributed by atoms with Gasteiger partial charge in [-0.25, -0.2) is 19.2 Å². The SMILES string of the molecule is COc1cc(S(=O)(=O)Nc2cccc(OC3CCCCO3)c2)cnc1NN. The van der Waals surface area contributed by atoms with Gasteiger partial charge in [-0.1, -0.05) is 6.07 Å². The average molecular weight is 394 g/mol. The van der Waals surface area contributed by atoms with E-state index in [9.17, 15) is 8.42 Å². The summed E-state index contributed by atoms with van der Waals surface area (Å²) in [4.78, 5) is 3.89. The number of nitrogens with one attached hydrogen (secondary N) is 2. The number of hydrogen-bond donors (Lipinski definition) is 3. The van der Waals surface area contributed by atoms with Gasteiger partial charge in [-0.2, -0.15) is 0 Å². The quantitative estimate of drug-likeness (QED) is 0.481. The van der Waals surface area contributed by atoms with Gasteiger partial charge in [0, 0.05) is 18.6 Å². The van der Waals surface area contributed by atoms with Crippen LogP contribution in [0.1, 0.15) is 19.3 Å². The zero-order valence-corrected chi connectivity index (χ0v) is 15.7. The molecule has 3 rings (SSSR count). The third-order valence-electron chi connectivity index (χ3n) is 3.99. The Morgan fingerprint density at radius 2 is 2.15 bits per heavy atom. The average Bonchev–Trinajstić information content (AvgIpc) is 2.68. The Morgan fingerprint density at radius 1 is 1.30 bits per heavy atom. The monoisotopic (exact) mass is 394 g/mol. The van der Waals surface area contributed by atoms with Crippen molar-refractivity contribution in [3.8, 4) is 11.5 Å². The van der Waals surface area contributed by atoms with Crippen LogP contribution in [-0.4, -0.2) is 33.4 Å². The first-order valence-corrected chi connectivity index (χ1v) is 9.92. The molecule has 1 atom stereocenters. The minimum atomic E-state index is -3.87. The number of pyridine rings is 1. The Balaban J connectivity index is 1.76. The van der Waals surface area contributed by atoms with Gasteiger partial charge < -0.3 is 19.6 Å². The summed E-state index contributed by atoms with van der Waals surface area (Å²) < 4.78 is 44.2. The number of nitrogens with two attached hydrogens (primary N) is 1. The van der Waals surface area contributed by atoms with Gasteiger partial charge in [0.05, 0.1) is 25.6 Å². The molecule has 0 radical (unpaired) electrons. The largest absolute Gasteiger partial charge is 0.493 e. The summed E-state index contributed by atoms with van der Waals surface area (Å²) in [6, 6.07) is 8.03. The van der Waals surface area contributed by atoms with E-state index >= 15 is 0 Å². The molecule has 1 unspecified atom stereocenters. The van der Waals surface area contributed by atoms with E-state index in [1.54, 1.807) is 24.3 Å². The molecule has 1 fully saturated rings. The molecule has 0 saturated carbocycles. The van der Waals surface area contributed by atoms with Crippen molar-refractivity contribution in [1.29, 1.82) is 0 Å². The number of nitrogens with zero attached hydrogens (tertiary/aromatic N) is 1. The number of nitrogen functional groups attached to an aromatic ring is 1. The fourth-order valence-corrected chi connectivity index (χ4v) is 3.65. The van der Waals surface area contributed by atoms with Crippen LogP contribution in [-0.2, 0) is 14.8 Å². The lowest BCUT2D eigenvalue weighted by atomic mass is 10.2. The van der Waals surface area contributed by atoms with Crippen molar-refractivity contribution >= 4 is 21.5 Å². The standard InChI is InChI=1S/C17H22N4O5S/c1-24-15-10-14(11-19-17(15)20-18)27(22,23)21-12-5-4-6-13(9-12)26-16-7-2-3-8-25-16/h4-6,9-11,16,21H,2-3,7-8,18H2,1H3,(H,19,20). The highest BCUT2D eigenvalue weighted by Gasteiger charge is 2.19. The highest BCUT2D eigenvalue weighted by atomic mass is 32.2. The van der Waals surface area contributed by atoms with Crippen LogP contribution in [0.4, 0.5) is 11.5 Å². The van der Waals surface area contributed by atoms with Gasteiger partial charge in [-0.05, 0) is 25.0 Å². The van der Waals surface area contributed by atoms with Crippen molar-refractivity contribution in [1.82, 2.24) is 4.98 Å². The highest BCUT2D eigenvalue weighted by molar-refractivity contribution is 7.92. The van der Waals surface area contributed by atoms with E-state index in [4.69, 9.17) is 20.1 Å². The van der Waals surface area contributed by atoms with Gasteiger partial charge in [-0.15, -0.1) is 0 Å². The second kappa shape index (κ2) is 8.42. The van der Waals surface area contributed by atoms with Crippen molar-refractivity contribution in [2.45, 2.75) is 30.4 Å². The van der Waals surface area contributed by atoms with Crippen molar-refractivity contribution < 1.29 is 22.6 Å². The number of aromatic nitrogens is 1. The van der Waals surface area contributed by atoms with Crippen LogP contribution in [0.15, 0.2) is 41.4 Å². The summed E-state index contributed by atoms with van der Waals surface area (Å²) >= 11 is 0. The summed E-state index contributed by atoms with van der Waals surface area (Å²) in [6.45, 7) is 0.666. The lowest BCUT2D eigenvalue weighted by Crippen LogP contribution is -2.25. The lowest BCUT2D eigenvalue weighted by molar-refractivity contribution is -0.105. The molecule has 27 heavy (non-hydrogen) atoms. The minimum Gasteiger partial charge on any atom is -0.493 e. The predicted molar refractivity (Wildman–Crippen MR) is 100 cm³/mol. The van der Waals surface area contributed by atoms with Gasteiger partial charge in [0.1, 0.15) is 10.6 Å². The molecule has 146 valence electrons. The third-order valence-corrected chi connectivity index (χ3v) is 5.33. The number of ether oxygens (including phenoxy) is 3. The summed E-state index contributed by atoms with van der Waals surface area (Å²) in [5, 5.41) is 0. The number of anilines is 2. The van der Waals surface area contributed by atoms with Crippen molar-refractivity contribution in [3.05, 3.63) is 36.5 Å². The first-order valence-electron chi connectivity index (χ1n) is 8.43. The molecule has 10 heteroatoms. The van der Waals surface area contributed by atoms with Crippen molar-refractivity contribution in [3.63, 3.8) is 0 Å². The highest BCUT2D eigenvalue weighted by Crippen LogP contribution is 2.27. The summed E-state index contributed by atoms with van der Waals surface area (Å²) in [7, 11) is -2.47. The predicted octanol–water partition coefficient (Wildman–Crippen LogP) is 2.08. The molecule has 9 nitrogen and oxygen atoms in total. The maximum Gasteiger partial charge on any atom is 0.263 e. The molecule has 1 saturated heterocycles. The van der Waals surface area contributed by atoms with Gasteiger partial charge in [0.2, 0.25) is 0 Å². The molecule has 0 amide bonds. The minimum absolute atomic E-state index is 0.0553. The second-order valence-electron chi connectivity index (χ2n) is 5.91. The van der Waals surface area contributed by atoms with E-state index in [1.165, 1.54) is 19.4 Å². The number of rotatable bonds is 7. The Bertz CT molecular complexity index is 885. The van der Waals surface area contributed by atoms with Crippen LogP contribution in [0.2, 0.25) is 0 Å². The van der Waals surface area contributed by atoms with Gasteiger partial charge >= 0.3 is 0 Å². The topological polar surface area (TPSA) is 125 Å². The molecule has 0 spiro atoms. The zero-order chi connectivity index (χ0) is 19.3. The Labute approximate surface area is 157 Å². The fraction of sp³-hybridized carbons (Fsp3) is 0.353. The molecule has 0 bridgehead atoms. The van der Waals surface area contributed by atoms with Gasteiger partial charge in [-0.3, -0.25) is 4.72 Å². The van der Waals surface area contributed by atoms with E-state index in [2.05, 4.69) is 15.1 Å². The molecule has 2 aromatic rings. The van der Waals surface area contributed by atoms with Crippen LogP contribution < -0.4 is 25.5 Å². The fourth-order valence-electron chi connectivity index (χ4n) is 2.64. The lowest BCUT2D eigenvalue weighted by Gasteiger charge is -2.23. The van der Waals surface area contributed by atoms with Crippen molar-refractivity contribution in [2.24, 2.45) is 5.84 Å². The Morgan fingerprint density at radius 3 is 2.85 bits per heavy atom. The molecule has 1 aliphatic heterocycles. The summed E-state index contributed by atoms with van der Waals surface area (Å²) in [5.41, 5.74) is 2.71. The van der Waals surface area contributed by atoms with E-state index in [-0.39, 0.29) is 22.8 Å². The first-order chi connectivity index (χ1) is 13.0. The van der Waals surface area contributed by atoms with Crippen LogP contribution >= 0.6 is 0 Å². The number of hydrogen-bond acceptors (Lipinski definition) is 8. The smallest absolute Gasteiger partial charge is 0.263 e. The maximum absolute atomic E-state index is 12.6. The summed E-state index contributed by atoms with van der Waals surface area (Å²) in [5.74, 6) is 6.30. The van der Waals surface area contributed by atoms with Crippen LogP contribution in [0, 0.1) is 0 Å². The van der Waals surface area contributed by atoms with Crippen LogP contribution in [0.25, 0.3) is 0 Å².